The van der Waals surface area contributed by atoms with E-state index in [1.807, 2.05) is 12.3 Å². The maximum absolute atomic E-state index is 5.27. The van der Waals surface area contributed by atoms with Crippen molar-refractivity contribution < 1.29 is 0 Å². The fourth-order valence-electron chi connectivity index (χ4n) is 6.16. The van der Waals surface area contributed by atoms with Crippen molar-refractivity contribution in [1.82, 2.24) is 9.97 Å². The van der Waals surface area contributed by atoms with Crippen molar-refractivity contribution in [1.29, 1.82) is 0 Å². The van der Waals surface area contributed by atoms with Gasteiger partial charge in [0.1, 0.15) is 0 Å². The fourth-order valence-corrected chi connectivity index (χ4v) is 6.16. The SMILES string of the molecule is c1cc2c(c(-c3cnc4c5ccccc5c5ccccc5c4n3)c1)-c1c3c(ccc1=N2)=c1ccccc1=N3. The van der Waals surface area contributed by atoms with Crippen LogP contribution in [0.2, 0.25) is 0 Å². The van der Waals surface area contributed by atoms with Crippen LogP contribution in [0.1, 0.15) is 0 Å². The van der Waals surface area contributed by atoms with Gasteiger partial charge in [-0.1, -0.05) is 78.9 Å². The third kappa shape index (κ3) is 2.53. The van der Waals surface area contributed by atoms with Crippen molar-refractivity contribution in [2.24, 2.45) is 9.98 Å². The van der Waals surface area contributed by atoms with Gasteiger partial charge >= 0.3 is 0 Å². The maximum atomic E-state index is 5.27. The molecular formula is C34H18N4. The first-order chi connectivity index (χ1) is 18.8. The zero-order valence-corrected chi connectivity index (χ0v) is 20.2. The summed E-state index contributed by atoms with van der Waals surface area (Å²) in [5.41, 5.74) is 7.80. The number of nitrogens with zero attached hydrogens (tertiary/aromatic N) is 4. The van der Waals surface area contributed by atoms with Crippen LogP contribution in [-0.2, 0) is 0 Å². The highest BCUT2D eigenvalue weighted by atomic mass is 14.8. The number of hydrogen-bond acceptors (Lipinski definition) is 4. The lowest BCUT2D eigenvalue weighted by Crippen LogP contribution is -2.01. The zero-order valence-electron chi connectivity index (χ0n) is 20.2. The molecule has 1 aromatic heterocycles. The van der Waals surface area contributed by atoms with Gasteiger partial charge < -0.3 is 0 Å². The fraction of sp³-hybridized carbons (Fsp3) is 0. The molecule has 4 nitrogen and oxygen atoms in total. The summed E-state index contributed by atoms with van der Waals surface area (Å²) in [5.74, 6) is 0. The van der Waals surface area contributed by atoms with Gasteiger partial charge in [-0.2, -0.15) is 0 Å². The summed E-state index contributed by atoms with van der Waals surface area (Å²) in [6.07, 6.45) is 1.91. The summed E-state index contributed by atoms with van der Waals surface area (Å²) in [5, 5.41) is 8.89. The number of aromatic nitrogens is 2. The second-order valence-electron chi connectivity index (χ2n) is 9.84. The highest BCUT2D eigenvalue weighted by Gasteiger charge is 2.24. The Hall–Kier alpha value is -5.22. The second-order valence-corrected chi connectivity index (χ2v) is 9.84. The van der Waals surface area contributed by atoms with Crippen LogP contribution in [0.4, 0.5) is 11.4 Å². The maximum Gasteiger partial charge on any atom is 0.0979 e. The van der Waals surface area contributed by atoms with Gasteiger partial charge in [-0.05, 0) is 35.0 Å². The van der Waals surface area contributed by atoms with Crippen LogP contribution < -0.4 is 10.7 Å². The molecule has 0 radical (unpaired) electrons. The Kier molecular flexibility index (Phi) is 3.76. The van der Waals surface area contributed by atoms with Gasteiger partial charge in [-0.25, -0.2) is 15.0 Å². The van der Waals surface area contributed by atoms with Crippen LogP contribution in [0.15, 0.2) is 119 Å². The van der Waals surface area contributed by atoms with E-state index < -0.39 is 0 Å². The van der Waals surface area contributed by atoms with Crippen molar-refractivity contribution in [2.75, 3.05) is 0 Å². The Labute approximate surface area is 216 Å². The minimum atomic E-state index is 0.839. The van der Waals surface area contributed by atoms with E-state index in [1.165, 1.54) is 16.0 Å². The van der Waals surface area contributed by atoms with Crippen molar-refractivity contribution in [2.45, 2.75) is 0 Å². The van der Waals surface area contributed by atoms with E-state index in [-0.39, 0.29) is 0 Å². The molecule has 4 heteroatoms. The van der Waals surface area contributed by atoms with E-state index in [0.717, 1.165) is 71.5 Å². The highest BCUT2D eigenvalue weighted by molar-refractivity contribution is 6.23. The van der Waals surface area contributed by atoms with E-state index in [0.29, 0.717) is 0 Å². The standard InChI is InChI=1S/C34H18N4/c1-3-11-22-19(8-1)20-9-2-4-12-23(20)34-33(22)35-18-29(38-34)25-13-7-15-27-30(25)31-28(36-27)17-16-24-21-10-5-6-14-26(21)37-32(24)31/h1-18H. The first-order valence-corrected chi connectivity index (χ1v) is 12.7. The third-order valence-electron chi connectivity index (χ3n) is 7.82. The Balaban J connectivity index is 1.36. The van der Waals surface area contributed by atoms with Crippen molar-refractivity contribution in [3.05, 3.63) is 130 Å². The second kappa shape index (κ2) is 7.17. The topological polar surface area (TPSA) is 50.5 Å². The van der Waals surface area contributed by atoms with Gasteiger partial charge in [0.05, 0.1) is 45.0 Å². The molecular weight excluding hydrogens is 464 g/mol. The molecule has 6 aromatic carbocycles. The molecule has 3 heterocycles. The molecule has 2 aliphatic rings. The minimum absolute atomic E-state index is 0.839. The van der Waals surface area contributed by atoms with E-state index in [1.54, 1.807) is 0 Å². The van der Waals surface area contributed by atoms with Crippen LogP contribution in [0.25, 0.3) is 55.0 Å². The molecule has 0 bridgehead atoms. The molecule has 0 unspecified atom stereocenters. The van der Waals surface area contributed by atoms with E-state index >= 15 is 0 Å². The van der Waals surface area contributed by atoms with Gasteiger partial charge in [0.15, 0.2) is 0 Å². The number of rotatable bonds is 1. The lowest BCUT2D eigenvalue weighted by atomic mass is 9.95. The monoisotopic (exact) mass is 482 g/mol. The smallest absolute Gasteiger partial charge is 0.0979 e. The molecule has 0 fully saturated rings. The normalized spacial score (nSPS) is 12.6. The predicted octanol–water partition coefficient (Wildman–Crippen LogP) is 7.09. The molecule has 0 atom stereocenters. The molecule has 0 N–H and O–H groups in total. The molecule has 0 aliphatic carbocycles. The lowest BCUT2D eigenvalue weighted by molar-refractivity contribution is 1.31. The summed E-state index contributed by atoms with van der Waals surface area (Å²) < 4.78 is 0. The van der Waals surface area contributed by atoms with Gasteiger partial charge in [0, 0.05) is 37.9 Å². The van der Waals surface area contributed by atoms with Gasteiger partial charge in [0.25, 0.3) is 0 Å². The molecule has 38 heavy (non-hydrogen) atoms. The summed E-state index contributed by atoms with van der Waals surface area (Å²) in [4.78, 5) is 20.3. The molecule has 0 saturated heterocycles. The molecule has 0 amide bonds. The summed E-state index contributed by atoms with van der Waals surface area (Å²) >= 11 is 0. The largest absolute Gasteiger partial charge is 0.252 e. The van der Waals surface area contributed by atoms with Crippen LogP contribution in [0.5, 0.6) is 0 Å². The average molecular weight is 483 g/mol. The number of hydrogen-bond donors (Lipinski definition) is 0. The van der Waals surface area contributed by atoms with Crippen LogP contribution in [0, 0.1) is 10.4 Å². The first kappa shape index (κ1) is 19.9. The molecule has 9 rings (SSSR count). The van der Waals surface area contributed by atoms with E-state index in [9.17, 15) is 0 Å². The average Bonchev–Trinajstić information content (AvgIpc) is 3.55. The Morgan fingerprint density at radius 3 is 2.05 bits per heavy atom. The van der Waals surface area contributed by atoms with Crippen LogP contribution in [-0.4, -0.2) is 9.97 Å². The zero-order chi connectivity index (χ0) is 24.8. The van der Waals surface area contributed by atoms with Gasteiger partial charge in [-0.3, -0.25) is 4.98 Å². The van der Waals surface area contributed by atoms with Crippen LogP contribution >= 0.6 is 0 Å². The molecule has 0 saturated carbocycles. The number of benzene rings is 6. The minimum Gasteiger partial charge on any atom is -0.252 e. The Morgan fingerprint density at radius 2 is 1.21 bits per heavy atom. The predicted molar refractivity (Wildman–Crippen MR) is 151 cm³/mol. The molecule has 0 spiro atoms. The molecule has 174 valence electrons. The number of para-hydroxylation sites is 1. The summed E-state index contributed by atoms with van der Waals surface area (Å²) in [6.45, 7) is 0. The van der Waals surface area contributed by atoms with E-state index in [2.05, 4.69) is 97.1 Å². The first-order valence-electron chi connectivity index (χ1n) is 12.7. The van der Waals surface area contributed by atoms with Crippen LogP contribution in [0.3, 0.4) is 0 Å². The van der Waals surface area contributed by atoms with Crippen molar-refractivity contribution in [3.63, 3.8) is 0 Å². The third-order valence-corrected chi connectivity index (χ3v) is 7.82. The quantitative estimate of drug-likeness (QED) is 0.235. The molecule has 2 aliphatic heterocycles. The van der Waals surface area contributed by atoms with Crippen molar-refractivity contribution in [3.8, 4) is 22.4 Å². The number of fused-ring (bicyclic) bond motifs is 12. The lowest BCUT2D eigenvalue weighted by Gasteiger charge is -2.13. The Bertz CT molecular complexity index is 2370. The molecule has 7 aromatic rings. The highest BCUT2D eigenvalue weighted by Crippen LogP contribution is 2.45. The summed E-state index contributed by atoms with van der Waals surface area (Å²) in [6, 6.07) is 35.8. The van der Waals surface area contributed by atoms with E-state index in [4.69, 9.17) is 20.0 Å². The summed E-state index contributed by atoms with van der Waals surface area (Å²) in [7, 11) is 0. The van der Waals surface area contributed by atoms with Crippen molar-refractivity contribution >= 4 is 44.0 Å². The van der Waals surface area contributed by atoms with Gasteiger partial charge in [-0.15, -0.1) is 0 Å². The van der Waals surface area contributed by atoms with Gasteiger partial charge in [0.2, 0.25) is 0 Å². The Morgan fingerprint density at radius 1 is 0.474 bits per heavy atom.